The molecule has 1 amide bonds. The summed E-state index contributed by atoms with van der Waals surface area (Å²) in [6.45, 7) is 1.90. The minimum absolute atomic E-state index is 0.231. The molecule has 24 heavy (non-hydrogen) atoms. The molecule has 1 N–H and O–H groups in total. The van der Waals surface area contributed by atoms with Crippen molar-refractivity contribution < 1.29 is 4.79 Å². The van der Waals surface area contributed by atoms with E-state index in [9.17, 15) is 4.79 Å². The highest BCUT2D eigenvalue weighted by Gasteiger charge is 2.10. The molecule has 0 aliphatic rings. The third kappa shape index (κ3) is 3.55. The lowest BCUT2D eigenvalue weighted by atomic mass is 10.0. The van der Waals surface area contributed by atoms with Crippen LogP contribution in [0, 0.1) is 6.92 Å². The van der Waals surface area contributed by atoms with Crippen LogP contribution in [0.5, 0.6) is 0 Å². The lowest BCUT2D eigenvalue weighted by Crippen LogP contribution is -2.21. The van der Waals surface area contributed by atoms with E-state index < -0.39 is 0 Å². The van der Waals surface area contributed by atoms with Crippen molar-refractivity contribution in [2.75, 3.05) is 0 Å². The fourth-order valence-corrected chi connectivity index (χ4v) is 2.39. The molecular formula is C20H17N3O. The van der Waals surface area contributed by atoms with E-state index in [-0.39, 0.29) is 5.91 Å². The molecule has 1 aromatic heterocycles. The first kappa shape index (κ1) is 15.6. The number of carbonyl (C=O) groups is 1. The first-order chi connectivity index (χ1) is 11.8. The number of benzene rings is 2. The van der Waals surface area contributed by atoms with Gasteiger partial charge in [-0.3, -0.25) is 9.78 Å². The Morgan fingerprint density at radius 1 is 0.917 bits per heavy atom. The first-order valence-electron chi connectivity index (χ1n) is 7.65. The second-order valence-electron chi connectivity index (χ2n) is 5.32. The van der Waals surface area contributed by atoms with Gasteiger partial charge in [-0.25, -0.2) is 5.43 Å². The summed E-state index contributed by atoms with van der Waals surface area (Å²) in [5, 5.41) is 4.36. The molecule has 2 aromatic carbocycles. The number of hydrogen-bond donors (Lipinski definition) is 1. The van der Waals surface area contributed by atoms with E-state index in [0.717, 1.165) is 16.7 Å². The number of aromatic nitrogens is 1. The first-order valence-corrected chi connectivity index (χ1v) is 7.65. The largest absolute Gasteiger partial charge is 0.271 e. The highest BCUT2D eigenvalue weighted by atomic mass is 16.2. The summed E-state index contributed by atoms with van der Waals surface area (Å²) in [6, 6.07) is 20.9. The summed E-state index contributed by atoms with van der Waals surface area (Å²) < 4.78 is 0. The van der Waals surface area contributed by atoms with Crippen LogP contribution in [0.15, 0.2) is 84.2 Å². The van der Waals surface area contributed by atoms with Crippen LogP contribution in [-0.2, 0) is 0 Å². The molecule has 0 unspecified atom stereocenters. The van der Waals surface area contributed by atoms with E-state index in [2.05, 4.69) is 15.5 Å². The molecule has 0 aliphatic heterocycles. The SMILES string of the molecule is Cc1ccccc1C(=O)N/N=C(\c1ccccc1)c1cccnc1. The van der Waals surface area contributed by atoms with Crippen LogP contribution < -0.4 is 5.43 Å². The maximum absolute atomic E-state index is 12.4. The van der Waals surface area contributed by atoms with Crippen LogP contribution in [0.25, 0.3) is 0 Å². The molecule has 0 bridgehead atoms. The lowest BCUT2D eigenvalue weighted by molar-refractivity contribution is 0.0954. The molecule has 4 heteroatoms. The molecule has 0 fully saturated rings. The summed E-state index contributed by atoms with van der Waals surface area (Å²) >= 11 is 0. The second-order valence-corrected chi connectivity index (χ2v) is 5.32. The number of nitrogens with zero attached hydrogens (tertiary/aromatic N) is 2. The van der Waals surface area contributed by atoms with E-state index in [1.54, 1.807) is 18.5 Å². The van der Waals surface area contributed by atoms with Crippen LogP contribution in [0.4, 0.5) is 0 Å². The molecular weight excluding hydrogens is 298 g/mol. The number of amides is 1. The molecule has 118 valence electrons. The molecule has 3 rings (SSSR count). The van der Waals surface area contributed by atoms with Crippen molar-refractivity contribution >= 4 is 11.6 Å². The summed E-state index contributed by atoms with van der Waals surface area (Å²) in [5.41, 5.74) is 6.61. The third-order valence-electron chi connectivity index (χ3n) is 3.64. The predicted molar refractivity (Wildman–Crippen MR) is 95.0 cm³/mol. The Bertz CT molecular complexity index is 817. The van der Waals surface area contributed by atoms with Gasteiger partial charge in [0.05, 0.1) is 5.71 Å². The number of aryl methyl sites for hydroxylation is 1. The Balaban J connectivity index is 1.93. The Morgan fingerprint density at radius 3 is 2.33 bits per heavy atom. The van der Waals surface area contributed by atoms with Gasteiger partial charge in [0.2, 0.25) is 0 Å². The van der Waals surface area contributed by atoms with Crippen LogP contribution in [0.3, 0.4) is 0 Å². The van der Waals surface area contributed by atoms with Crippen molar-refractivity contribution in [3.05, 3.63) is 101 Å². The van der Waals surface area contributed by atoms with E-state index in [1.807, 2.05) is 67.6 Å². The number of pyridine rings is 1. The summed E-state index contributed by atoms with van der Waals surface area (Å²) in [4.78, 5) is 16.5. The normalized spacial score (nSPS) is 11.1. The summed E-state index contributed by atoms with van der Waals surface area (Å²) in [7, 11) is 0. The van der Waals surface area contributed by atoms with Gasteiger partial charge in [-0.2, -0.15) is 5.10 Å². The number of rotatable bonds is 4. The molecule has 0 radical (unpaired) electrons. The van der Waals surface area contributed by atoms with Crippen molar-refractivity contribution in [2.45, 2.75) is 6.92 Å². The lowest BCUT2D eigenvalue weighted by Gasteiger charge is -2.08. The standard InChI is InChI=1S/C20H17N3O/c1-15-8-5-6-12-18(15)20(24)23-22-19(16-9-3-2-4-10-16)17-11-7-13-21-14-17/h2-14H,1H3,(H,23,24)/b22-19+. The van der Waals surface area contributed by atoms with Crippen LogP contribution in [0.1, 0.15) is 27.0 Å². The molecule has 1 heterocycles. The van der Waals surface area contributed by atoms with Gasteiger partial charge >= 0.3 is 0 Å². The molecule has 0 aliphatic carbocycles. The average molecular weight is 315 g/mol. The third-order valence-corrected chi connectivity index (χ3v) is 3.64. The predicted octanol–water partition coefficient (Wildman–Crippen LogP) is 3.57. The monoisotopic (exact) mass is 315 g/mol. The molecule has 0 saturated carbocycles. The van der Waals surface area contributed by atoms with Gasteiger partial charge in [-0.15, -0.1) is 0 Å². The summed E-state index contributed by atoms with van der Waals surface area (Å²) in [6.07, 6.45) is 3.43. The fraction of sp³-hybridized carbons (Fsp3) is 0.0500. The van der Waals surface area contributed by atoms with E-state index >= 15 is 0 Å². The maximum Gasteiger partial charge on any atom is 0.271 e. The van der Waals surface area contributed by atoms with Gasteiger partial charge in [0.15, 0.2) is 0 Å². The fourth-order valence-electron chi connectivity index (χ4n) is 2.39. The number of hydrogen-bond acceptors (Lipinski definition) is 3. The Kier molecular flexibility index (Phi) is 4.77. The number of hydrazone groups is 1. The molecule has 4 nitrogen and oxygen atoms in total. The van der Waals surface area contributed by atoms with Gasteiger partial charge in [0, 0.05) is 29.1 Å². The van der Waals surface area contributed by atoms with E-state index in [0.29, 0.717) is 11.3 Å². The van der Waals surface area contributed by atoms with E-state index in [4.69, 9.17) is 0 Å². The molecule has 0 saturated heterocycles. The van der Waals surface area contributed by atoms with Crippen LogP contribution >= 0.6 is 0 Å². The van der Waals surface area contributed by atoms with Gasteiger partial charge in [0.25, 0.3) is 5.91 Å². The number of nitrogens with one attached hydrogen (secondary N) is 1. The minimum atomic E-state index is -0.231. The van der Waals surface area contributed by atoms with Gasteiger partial charge in [-0.1, -0.05) is 48.5 Å². The zero-order chi connectivity index (χ0) is 16.8. The molecule has 0 atom stereocenters. The smallest absolute Gasteiger partial charge is 0.267 e. The highest BCUT2D eigenvalue weighted by Crippen LogP contribution is 2.10. The number of carbonyl (C=O) groups excluding carboxylic acids is 1. The summed E-state index contributed by atoms with van der Waals surface area (Å²) in [5.74, 6) is -0.231. The van der Waals surface area contributed by atoms with Crippen LogP contribution in [-0.4, -0.2) is 16.6 Å². The Labute approximate surface area is 140 Å². The quantitative estimate of drug-likeness (QED) is 0.591. The van der Waals surface area contributed by atoms with Gasteiger partial charge in [0.1, 0.15) is 0 Å². The van der Waals surface area contributed by atoms with Crippen molar-refractivity contribution in [1.82, 2.24) is 10.4 Å². The van der Waals surface area contributed by atoms with E-state index in [1.165, 1.54) is 0 Å². The molecule has 3 aromatic rings. The molecule has 0 spiro atoms. The van der Waals surface area contributed by atoms with Crippen molar-refractivity contribution in [1.29, 1.82) is 0 Å². The zero-order valence-corrected chi connectivity index (χ0v) is 13.3. The highest BCUT2D eigenvalue weighted by molar-refractivity contribution is 6.13. The topological polar surface area (TPSA) is 54.4 Å². The van der Waals surface area contributed by atoms with Crippen LogP contribution in [0.2, 0.25) is 0 Å². The maximum atomic E-state index is 12.4. The second kappa shape index (κ2) is 7.33. The minimum Gasteiger partial charge on any atom is -0.267 e. The van der Waals surface area contributed by atoms with Crippen molar-refractivity contribution in [3.8, 4) is 0 Å². The van der Waals surface area contributed by atoms with Crippen molar-refractivity contribution in [3.63, 3.8) is 0 Å². The van der Waals surface area contributed by atoms with Gasteiger partial charge in [-0.05, 0) is 30.7 Å². The Hall–Kier alpha value is -3.27. The Morgan fingerprint density at radius 2 is 1.62 bits per heavy atom. The van der Waals surface area contributed by atoms with Crippen molar-refractivity contribution in [2.24, 2.45) is 5.10 Å². The average Bonchev–Trinajstić information content (AvgIpc) is 2.64. The van der Waals surface area contributed by atoms with Gasteiger partial charge < -0.3 is 0 Å². The zero-order valence-electron chi connectivity index (χ0n) is 13.3.